The molecule has 0 bridgehead atoms. The molecule has 1 rings (SSSR count). The zero-order chi connectivity index (χ0) is 11.3. The number of nitrogens with one attached hydrogen (secondary N) is 3. The molecular formula is C10H19N3O2. The molecule has 2 unspecified atom stereocenters. The molecule has 1 aliphatic heterocycles. The van der Waals surface area contributed by atoms with Gasteiger partial charge < -0.3 is 16.0 Å². The van der Waals surface area contributed by atoms with Crippen LogP contribution in [0.5, 0.6) is 0 Å². The molecule has 0 spiro atoms. The largest absolute Gasteiger partial charge is 0.357 e. The second kappa shape index (κ2) is 5.70. The molecule has 2 atom stereocenters. The van der Waals surface area contributed by atoms with Gasteiger partial charge in [-0.25, -0.2) is 0 Å². The number of hydrogen-bond acceptors (Lipinski definition) is 3. The Hall–Kier alpha value is -1.10. The summed E-state index contributed by atoms with van der Waals surface area (Å²) in [7, 11) is 1.56. The Kier molecular flexibility index (Phi) is 4.55. The van der Waals surface area contributed by atoms with Crippen molar-refractivity contribution in [1.82, 2.24) is 16.0 Å². The fourth-order valence-electron chi connectivity index (χ4n) is 1.74. The second-order valence-corrected chi connectivity index (χ2v) is 3.90. The molecule has 5 heteroatoms. The fourth-order valence-corrected chi connectivity index (χ4v) is 1.74. The van der Waals surface area contributed by atoms with E-state index in [-0.39, 0.29) is 17.9 Å². The van der Waals surface area contributed by atoms with Gasteiger partial charge in [-0.3, -0.25) is 9.59 Å². The lowest BCUT2D eigenvalue weighted by atomic mass is 10.1. The van der Waals surface area contributed by atoms with Crippen LogP contribution in [0.15, 0.2) is 0 Å². The molecule has 86 valence electrons. The van der Waals surface area contributed by atoms with Crippen LogP contribution < -0.4 is 16.0 Å². The third-order valence-electron chi connectivity index (χ3n) is 2.61. The molecule has 5 nitrogen and oxygen atoms in total. The van der Waals surface area contributed by atoms with E-state index in [0.29, 0.717) is 6.42 Å². The van der Waals surface area contributed by atoms with Crippen LogP contribution in [-0.4, -0.2) is 37.5 Å². The van der Waals surface area contributed by atoms with Crippen molar-refractivity contribution in [3.8, 4) is 0 Å². The summed E-state index contributed by atoms with van der Waals surface area (Å²) in [6, 6.07) is -0.175. The third-order valence-corrected chi connectivity index (χ3v) is 2.61. The van der Waals surface area contributed by atoms with Crippen molar-refractivity contribution in [2.24, 2.45) is 0 Å². The fraction of sp³-hybridized carbons (Fsp3) is 0.800. The number of carbonyl (C=O) groups is 2. The lowest BCUT2D eigenvalue weighted by Gasteiger charge is -2.14. The predicted molar refractivity (Wildman–Crippen MR) is 57.3 cm³/mol. The van der Waals surface area contributed by atoms with Crippen molar-refractivity contribution in [1.29, 1.82) is 0 Å². The van der Waals surface area contributed by atoms with E-state index in [0.717, 1.165) is 19.4 Å². The van der Waals surface area contributed by atoms with E-state index >= 15 is 0 Å². The first-order valence-electron chi connectivity index (χ1n) is 5.38. The van der Waals surface area contributed by atoms with Crippen LogP contribution in [0.1, 0.15) is 26.2 Å². The number of rotatable bonds is 4. The van der Waals surface area contributed by atoms with Gasteiger partial charge in [-0.15, -0.1) is 0 Å². The van der Waals surface area contributed by atoms with E-state index in [1.165, 1.54) is 0 Å². The molecule has 0 aromatic rings. The number of carbonyl (C=O) groups excluding carboxylic acids is 2. The maximum absolute atomic E-state index is 11.5. The summed E-state index contributed by atoms with van der Waals surface area (Å²) >= 11 is 0. The average Bonchev–Trinajstić information content (AvgIpc) is 2.68. The van der Waals surface area contributed by atoms with Crippen LogP contribution in [0.2, 0.25) is 0 Å². The van der Waals surface area contributed by atoms with Crippen LogP contribution in [0.3, 0.4) is 0 Å². The summed E-state index contributed by atoms with van der Waals surface area (Å²) in [5.74, 6) is -0.228. The first-order chi connectivity index (χ1) is 7.13. The second-order valence-electron chi connectivity index (χ2n) is 3.90. The lowest BCUT2D eigenvalue weighted by molar-refractivity contribution is -0.128. The van der Waals surface area contributed by atoms with E-state index in [4.69, 9.17) is 0 Å². The molecule has 2 amide bonds. The minimum atomic E-state index is -0.455. The topological polar surface area (TPSA) is 70.2 Å². The SMILES string of the molecule is CNC(=O)C(C)NC(=O)CC1CCCN1. The van der Waals surface area contributed by atoms with E-state index in [2.05, 4.69) is 16.0 Å². The van der Waals surface area contributed by atoms with Crippen LogP contribution >= 0.6 is 0 Å². The lowest BCUT2D eigenvalue weighted by Crippen LogP contribution is -2.45. The van der Waals surface area contributed by atoms with Crippen molar-refractivity contribution in [2.75, 3.05) is 13.6 Å². The molecular weight excluding hydrogens is 194 g/mol. The molecule has 0 aromatic heterocycles. The third kappa shape index (κ3) is 3.87. The summed E-state index contributed by atoms with van der Waals surface area (Å²) in [6.45, 7) is 2.67. The first-order valence-corrected chi connectivity index (χ1v) is 5.38. The van der Waals surface area contributed by atoms with E-state index in [1.54, 1.807) is 14.0 Å². The highest BCUT2D eigenvalue weighted by Gasteiger charge is 2.20. The smallest absolute Gasteiger partial charge is 0.242 e. The Morgan fingerprint density at radius 1 is 1.53 bits per heavy atom. The maximum Gasteiger partial charge on any atom is 0.242 e. The summed E-state index contributed by atoms with van der Waals surface area (Å²) < 4.78 is 0. The van der Waals surface area contributed by atoms with Gasteiger partial charge in [0.1, 0.15) is 6.04 Å². The van der Waals surface area contributed by atoms with Gasteiger partial charge in [-0.1, -0.05) is 0 Å². The Balaban J connectivity index is 2.25. The average molecular weight is 213 g/mol. The molecule has 1 heterocycles. The van der Waals surface area contributed by atoms with E-state index in [9.17, 15) is 9.59 Å². The molecule has 1 fully saturated rings. The Labute approximate surface area is 90.0 Å². The van der Waals surface area contributed by atoms with Crippen molar-refractivity contribution >= 4 is 11.8 Å². The standard InChI is InChI=1S/C10H19N3O2/c1-7(10(15)11-2)13-9(14)6-8-4-3-5-12-8/h7-8,12H,3-6H2,1-2H3,(H,11,15)(H,13,14). The van der Waals surface area contributed by atoms with Gasteiger partial charge in [-0.2, -0.15) is 0 Å². The van der Waals surface area contributed by atoms with E-state index < -0.39 is 6.04 Å². The van der Waals surface area contributed by atoms with Crippen molar-refractivity contribution < 1.29 is 9.59 Å². The Bertz CT molecular complexity index is 237. The highest BCUT2D eigenvalue weighted by Crippen LogP contribution is 2.08. The minimum Gasteiger partial charge on any atom is -0.357 e. The zero-order valence-electron chi connectivity index (χ0n) is 9.30. The van der Waals surface area contributed by atoms with Crippen molar-refractivity contribution in [2.45, 2.75) is 38.3 Å². The number of likely N-dealkylation sites (N-methyl/N-ethyl adjacent to an activating group) is 1. The van der Waals surface area contributed by atoms with Crippen LogP contribution in [-0.2, 0) is 9.59 Å². The van der Waals surface area contributed by atoms with Gasteiger partial charge in [0.2, 0.25) is 11.8 Å². The number of amides is 2. The monoisotopic (exact) mass is 213 g/mol. The highest BCUT2D eigenvalue weighted by atomic mass is 16.2. The summed E-state index contributed by atoms with van der Waals surface area (Å²) in [4.78, 5) is 22.6. The van der Waals surface area contributed by atoms with Crippen LogP contribution in [0.25, 0.3) is 0 Å². The molecule has 3 N–H and O–H groups in total. The van der Waals surface area contributed by atoms with Gasteiger partial charge in [0, 0.05) is 19.5 Å². The normalized spacial score (nSPS) is 22.1. The molecule has 0 radical (unpaired) electrons. The minimum absolute atomic E-state index is 0.0644. The Morgan fingerprint density at radius 3 is 2.80 bits per heavy atom. The summed E-state index contributed by atoms with van der Waals surface area (Å²) in [5, 5.41) is 8.40. The van der Waals surface area contributed by atoms with Gasteiger partial charge >= 0.3 is 0 Å². The molecule has 1 aliphatic rings. The quantitative estimate of drug-likeness (QED) is 0.583. The van der Waals surface area contributed by atoms with Crippen molar-refractivity contribution in [3.63, 3.8) is 0 Å². The van der Waals surface area contributed by atoms with Gasteiger partial charge in [0.15, 0.2) is 0 Å². The van der Waals surface area contributed by atoms with Crippen LogP contribution in [0, 0.1) is 0 Å². The number of hydrogen-bond donors (Lipinski definition) is 3. The van der Waals surface area contributed by atoms with E-state index in [1.807, 2.05) is 0 Å². The maximum atomic E-state index is 11.5. The highest BCUT2D eigenvalue weighted by molar-refractivity contribution is 5.87. The Morgan fingerprint density at radius 2 is 2.27 bits per heavy atom. The predicted octanol–water partition coefficient (Wildman–Crippen LogP) is -0.621. The van der Waals surface area contributed by atoms with Crippen molar-refractivity contribution in [3.05, 3.63) is 0 Å². The molecule has 15 heavy (non-hydrogen) atoms. The zero-order valence-corrected chi connectivity index (χ0v) is 9.30. The van der Waals surface area contributed by atoms with Crippen LogP contribution in [0.4, 0.5) is 0 Å². The molecule has 0 saturated carbocycles. The summed E-state index contributed by atoms with van der Waals surface area (Å²) in [6.07, 6.45) is 2.63. The van der Waals surface area contributed by atoms with Gasteiger partial charge in [-0.05, 0) is 26.3 Å². The van der Waals surface area contributed by atoms with Gasteiger partial charge in [0.25, 0.3) is 0 Å². The summed E-state index contributed by atoms with van der Waals surface area (Å²) in [5.41, 5.74) is 0. The van der Waals surface area contributed by atoms with Gasteiger partial charge in [0.05, 0.1) is 0 Å². The molecule has 1 saturated heterocycles. The molecule has 0 aromatic carbocycles. The first kappa shape index (κ1) is 12.0. The molecule has 0 aliphatic carbocycles.